The van der Waals surface area contributed by atoms with Crippen LogP contribution in [0, 0.1) is 11.3 Å². The highest BCUT2D eigenvalue weighted by molar-refractivity contribution is 5.89. The van der Waals surface area contributed by atoms with Gasteiger partial charge in [-0.2, -0.15) is 5.26 Å². The second-order valence-electron chi connectivity index (χ2n) is 4.19. The maximum atomic E-state index is 11.8. The zero-order valence-electron chi connectivity index (χ0n) is 11.1. The Hall–Kier alpha value is -2.58. The Balaban J connectivity index is 2.02. The maximum Gasteiger partial charge on any atom is 0.340 e. The Morgan fingerprint density at radius 1 is 1.30 bits per heavy atom. The number of esters is 1. The number of nitrogens with zero attached hydrogens (tertiary/aromatic N) is 1. The molecule has 2 aromatic rings. The average molecular weight is 270 g/mol. The van der Waals surface area contributed by atoms with Crippen molar-refractivity contribution in [3.63, 3.8) is 0 Å². The number of hydrogen-bond acceptors (Lipinski definition) is 4. The van der Waals surface area contributed by atoms with Crippen LogP contribution in [0.25, 0.3) is 0 Å². The van der Waals surface area contributed by atoms with Crippen LogP contribution in [0.4, 0.5) is 0 Å². The van der Waals surface area contributed by atoms with Gasteiger partial charge in [-0.25, -0.2) is 4.79 Å². The smallest absolute Gasteiger partial charge is 0.340 e. The molecule has 0 spiro atoms. The minimum atomic E-state index is -0.463. The van der Waals surface area contributed by atoms with Gasteiger partial charge >= 0.3 is 5.97 Å². The van der Waals surface area contributed by atoms with E-state index < -0.39 is 5.97 Å². The second kappa shape index (κ2) is 6.55. The van der Waals surface area contributed by atoms with Crippen molar-refractivity contribution in [2.24, 2.45) is 0 Å². The third-order valence-electron chi connectivity index (χ3n) is 2.82. The predicted molar refractivity (Wildman–Crippen MR) is 71.8 cm³/mol. The lowest BCUT2D eigenvalue weighted by atomic mass is 10.1. The van der Waals surface area contributed by atoms with Crippen molar-refractivity contribution in [3.05, 3.63) is 58.9 Å². The van der Waals surface area contributed by atoms with Crippen molar-refractivity contribution in [2.75, 3.05) is 7.11 Å². The minimum absolute atomic E-state index is 0.172. The zero-order chi connectivity index (χ0) is 14.4. The van der Waals surface area contributed by atoms with Gasteiger partial charge in [-0.05, 0) is 17.2 Å². The third kappa shape index (κ3) is 3.25. The number of aromatic nitrogens is 1. The first-order valence-electron chi connectivity index (χ1n) is 6.06. The molecule has 1 heterocycles. The molecule has 5 nitrogen and oxygen atoms in total. The molecule has 0 unspecified atom stereocenters. The van der Waals surface area contributed by atoms with Gasteiger partial charge < -0.3 is 14.5 Å². The summed E-state index contributed by atoms with van der Waals surface area (Å²) in [5.74, 6) is -0.463. The third-order valence-corrected chi connectivity index (χ3v) is 2.82. The first kappa shape index (κ1) is 13.8. The summed E-state index contributed by atoms with van der Waals surface area (Å²) < 4.78 is 10.3. The van der Waals surface area contributed by atoms with Crippen LogP contribution < -0.4 is 0 Å². The molecule has 1 aromatic carbocycles. The van der Waals surface area contributed by atoms with Crippen LogP contribution >= 0.6 is 0 Å². The normalized spacial score (nSPS) is 10.0. The zero-order valence-corrected chi connectivity index (χ0v) is 11.1. The minimum Gasteiger partial charge on any atom is -0.457 e. The van der Waals surface area contributed by atoms with Gasteiger partial charge in [-0.15, -0.1) is 0 Å². The van der Waals surface area contributed by atoms with E-state index in [4.69, 9.17) is 14.7 Å². The summed E-state index contributed by atoms with van der Waals surface area (Å²) in [5, 5.41) is 8.69. The molecule has 102 valence electrons. The lowest BCUT2D eigenvalue weighted by Crippen LogP contribution is -2.06. The van der Waals surface area contributed by atoms with Crippen LogP contribution in [0.15, 0.2) is 36.5 Å². The van der Waals surface area contributed by atoms with Gasteiger partial charge in [0.15, 0.2) is 0 Å². The van der Waals surface area contributed by atoms with Crippen molar-refractivity contribution >= 4 is 5.97 Å². The highest BCUT2D eigenvalue weighted by Crippen LogP contribution is 2.13. The molecule has 0 amide bonds. The molecule has 0 aliphatic heterocycles. The van der Waals surface area contributed by atoms with Crippen LogP contribution in [0.3, 0.4) is 0 Å². The largest absolute Gasteiger partial charge is 0.457 e. The summed E-state index contributed by atoms with van der Waals surface area (Å²) in [7, 11) is 1.62. The quantitative estimate of drug-likeness (QED) is 0.846. The Labute approximate surface area is 116 Å². The summed E-state index contributed by atoms with van der Waals surface area (Å²) in [6.45, 7) is 0.641. The molecular formula is C15H14N2O3. The first-order valence-corrected chi connectivity index (χ1v) is 6.06. The van der Waals surface area contributed by atoms with Crippen molar-refractivity contribution in [1.29, 1.82) is 5.26 Å². The lowest BCUT2D eigenvalue weighted by Gasteiger charge is -2.09. The first-order chi connectivity index (χ1) is 9.74. The van der Waals surface area contributed by atoms with E-state index in [1.165, 1.54) is 12.3 Å². The van der Waals surface area contributed by atoms with E-state index in [-0.39, 0.29) is 6.61 Å². The number of carbonyl (C=O) groups excluding carboxylic acids is 1. The Kier molecular flexibility index (Phi) is 4.53. The Morgan fingerprint density at radius 3 is 2.60 bits per heavy atom. The molecule has 0 aliphatic carbocycles. The van der Waals surface area contributed by atoms with Gasteiger partial charge in [0.1, 0.15) is 18.4 Å². The van der Waals surface area contributed by atoms with Gasteiger partial charge in [0.05, 0.1) is 12.2 Å². The van der Waals surface area contributed by atoms with E-state index in [2.05, 4.69) is 4.98 Å². The van der Waals surface area contributed by atoms with Crippen LogP contribution in [0.1, 0.15) is 27.2 Å². The molecule has 0 atom stereocenters. The van der Waals surface area contributed by atoms with E-state index in [1.54, 1.807) is 7.11 Å². The number of nitriles is 1. The topological polar surface area (TPSA) is 75.1 Å². The van der Waals surface area contributed by atoms with Gasteiger partial charge in [0.2, 0.25) is 0 Å². The molecular weight excluding hydrogens is 256 g/mol. The monoisotopic (exact) mass is 270 g/mol. The molecule has 0 radical (unpaired) electrons. The molecule has 2 rings (SSSR count). The fourth-order valence-electron chi connectivity index (χ4n) is 1.80. The highest BCUT2D eigenvalue weighted by Gasteiger charge is 2.11. The van der Waals surface area contributed by atoms with Crippen molar-refractivity contribution in [3.8, 4) is 6.07 Å². The van der Waals surface area contributed by atoms with E-state index in [0.29, 0.717) is 17.9 Å². The van der Waals surface area contributed by atoms with E-state index in [1.807, 2.05) is 30.3 Å². The predicted octanol–water partition coefficient (Wildman–Crippen LogP) is 2.39. The Morgan fingerprint density at radius 2 is 2.00 bits per heavy atom. The summed E-state index contributed by atoms with van der Waals surface area (Å²) in [4.78, 5) is 14.5. The van der Waals surface area contributed by atoms with E-state index in [0.717, 1.165) is 11.1 Å². The number of hydrogen-bond donors (Lipinski definition) is 1. The van der Waals surface area contributed by atoms with Crippen LogP contribution in [0.5, 0.6) is 0 Å². The number of carbonyl (C=O) groups is 1. The number of benzene rings is 1. The molecule has 0 bridgehead atoms. The molecule has 0 saturated carbocycles. The van der Waals surface area contributed by atoms with Crippen molar-refractivity contribution < 1.29 is 14.3 Å². The van der Waals surface area contributed by atoms with Gasteiger partial charge in [-0.1, -0.05) is 24.3 Å². The van der Waals surface area contributed by atoms with E-state index in [9.17, 15) is 4.79 Å². The number of methoxy groups -OCH3 is 1. The molecule has 0 aliphatic rings. The molecule has 0 saturated heterocycles. The van der Waals surface area contributed by atoms with Crippen molar-refractivity contribution in [1.82, 2.24) is 4.98 Å². The fourth-order valence-corrected chi connectivity index (χ4v) is 1.80. The van der Waals surface area contributed by atoms with E-state index >= 15 is 0 Å². The van der Waals surface area contributed by atoms with Gasteiger partial charge in [0.25, 0.3) is 0 Å². The summed E-state index contributed by atoms with van der Waals surface area (Å²) >= 11 is 0. The SMILES string of the molecule is COCc1ccccc1COC(=O)c1c[nH]c(C#N)c1. The lowest BCUT2D eigenvalue weighted by molar-refractivity contribution is 0.0469. The number of aromatic amines is 1. The second-order valence-corrected chi connectivity index (χ2v) is 4.19. The summed E-state index contributed by atoms with van der Waals surface area (Å²) in [6.07, 6.45) is 1.46. The molecule has 5 heteroatoms. The Bertz CT molecular complexity index is 641. The van der Waals surface area contributed by atoms with Crippen molar-refractivity contribution in [2.45, 2.75) is 13.2 Å². The number of nitrogens with one attached hydrogen (secondary N) is 1. The standard InChI is InChI=1S/C15H14N2O3/c1-19-9-11-4-2-3-5-12(11)10-20-15(18)13-6-14(7-16)17-8-13/h2-6,8,17H,9-10H2,1H3. The molecule has 1 N–H and O–H groups in total. The van der Waals surface area contributed by atoms with Crippen LogP contribution in [0.2, 0.25) is 0 Å². The number of H-pyrrole nitrogens is 1. The average Bonchev–Trinajstić information content (AvgIpc) is 2.95. The maximum absolute atomic E-state index is 11.8. The summed E-state index contributed by atoms with van der Waals surface area (Å²) in [5.41, 5.74) is 2.55. The van der Waals surface area contributed by atoms with Crippen LogP contribution in [-0.2, 0) is 22.7 Å². The van der Waals surface area contributed by atoms with Gasteiger partial charge in [0, 0.05) is 13.3 Å². The fraction of sp³-hybridized carbons (Fsp3) is 0.200. The molecule has 20 heavy (non-hydrogen) atoms. The number of rotatable bonds is 5. The van der Waals surface area contributed by atoms with Crippen LogP contribution in [-0.4, -0.2) is 18.1 Å². The summed E-state index contributed by atoms with van der Waals surface area (Å²) in [6, 6.07) is 11.0. The highest BCUT2D eigenvalue weighted by atomic mass is 16.5. The molecule has 1 aromatic heterocycles. The van der Waals surface area contributed by atoms with Gasteiger partial charge in [-0.3, -0.25) is 0 Å². The molecule has 0 fully saturated rings. The number of ether oxygens (including phenoxy) is 2.